The van der Waals surface area contributed by atoms with Crippen LogP contribution in [-0.4, -0.2) is 37.2 Å². The van der Waals surface area contributed by atoms with Gasteiger partial charge in [0.25, 0.3) is 0 Å². The summed E-state index contributed by atoms with van der Waals surface area (Å²) in [6.45, 7) is 6.44. The number of hydrogen-bond donors (Lipinski definition) is 0. The Kier molecular flexibility index (Phi) is 56.4. The lowest BCUT2D eigenvalue weighted by Crippen LogP contribution is -2.30. The van der Waals surface area contributed by atoms with E-state index in [1.54, 1.807) is 0 Å². The van der Waals surface area contributed by atoms with Crippen LogP contribution in [0.2, 0.25) is 0 Å². The molecule has 1 atom stereocenters. The third kappa shape index (κ3) is 58.3. The molecule has 0 bridgehead atoms. The van der Waals surface area contributed by atoms with Crippen molar-refractivity contribution in [2.24, 2.45) is 0 Å². The molecule has 0 aromatic carbocycles. The minimum atomic E-state index is -0.847. The van der Waals surface area contributed by atoms with E-state index in [9.17, 15) is 14.4 Å². The molecule has 0 spiro atoms. The highest BCUT2D eigenvalue weighted by atomic mass is 16.6. The van der Waals surface area contributed by atoms with Crippen molar-refractivity contribution >= 4 is 17.9 Å². The summed E-state index contributed by atoms with van der Waals surface area (Å²) in [7, 11) is 0. The van der Waals surface area contributed by atoms with Crippen LogP contribution in [0, 0.1) is 0 Å². The van der Waals surface area contributed by atoms with Crippen molar-refractivity contribution in [1.82, 2.24) is 0 Å². The first kappa shape index (κ1) is 68.6. The van der Waals surface area contributed by atoms with Crippen LogP contribution in [0.1, 0.15) is 252 Å². The van der Waals surface area contributed by atoms with E-state index in [0.29, 0.717) is 19.3 Å². The Morgan fingerprint density at radius 1 is 0.274 bits per heavy atom. The predicted molar refractivity (Wildman–Crippen MR) is 316 cm³/mol. The van der Waals surface area contributed by atoms with Crippen molar-refractivity contribution in [1.29, 1.82) is 0 Å². The Bertz CT molecular complexity index is 1580. The van der Waals surface area contributed by atoms with Gasteiger partial charge in [-0.2, -0.15) is 0 Å². The zero-order chi connectivity index (χ0) is 52.9. The first-order valence-electron chi connectivity index (χ1n) is 29.7. The maximum absolute atomic E-state index is 12.8. The number of esters is 3. The Labute approximate surface area is 449 Å². The molecule has 0 aromatic heterocycles. The number of allylic oxidation sites excluding steroid dienone is 22. The minimum absolute atomic E-state index is 0.131. The average molecular weight is 1010 g/mol. The Morgan fingerprint density at radius 3 is 0.877 bits per heavy atom. The lowest BCUT2D eigenvalue weighted by molar-refractivity contribution is -0.166. The molecule has 0 amide bonds. The quantitative estimate of drug-likeness (QED) is 0.0261. The van der Waals surface area contributed by atoms with E-state index in [1.807, 2.05) is 12.2 Å². The molecule has 0 unspecified atom stereocenters. The van der Waals surface area contributed by atoms with Gasteiger partial charge in [-0.25, -0.2) is 0 Å². The maximum atomic E-state index is 12.8. The van der Waals surface area contributed by atoms with Gasteiger partial charge >= 0.3 is 17.9 Å². The molecule has 0 aromatic rings. The fourth-order valence-corrected chi connectivity index (χ4v) is 7.62. The molecule has 6 heteroatoms. The van der Waals surface area contributed by atoms with Crippen LogP contribution >= 0.6 is 0 Å². The SMILES string of the molecule is CCCCC/C=C\C/C=C\C/C=C\C/C=C\C/C=C\CCC(=O)O[C@@H](COC(=O)CCC/C=C\C/C=C\C/C=C\C/C=C\CCCCC)COC(=O)CCCCCCCCCCC/C=C\C/C=C\CCCCC. The van der Waals surface area contributed by atoms with Crippen molar-refractivity contribution in [3.8, 4) is 0 Å². The Hall–Kier alpha value is -4.45. The van der Waals surface area contributed by atoms with E-state index in [1.165, 1.54) is 122 Å². The van der Waals surface area contributed by atoms with Gasteiger partial charge in [0.05, 0.1) is 0 Å². The molecule has 412 valence electrons. The number of carbonyl (C=O) groups excluding carboxylic acids is 3. The van der Waals surface area contributed by atoms with E-state index in [4.69, 9.17) is 14.2 Å². The normalized spacial score (nSPS) is 13.1. The highest BCUT2D eigenvalue weighted by molar-refractivity contribution is 5.71. The standard InChI is InChI=1S/C67H108O6/c1-4-7-10-13-16-19-22-25-28-31-33-36-39-42-45-48-51-54-57-60-66(69)72-63-64(62-71-65(68)59-56-53-50-47-44-41-38-35-30-27-24-21-18-15-12-9-6-3)73-67(70)61-58-55-52-49-46-43-40-37-34-32-29-26-23-20-17-14-11-8-5-2/h16-21,25-30,34,37-38,41,43,46-47,50,52,55,64H,4-15,22-24,31-33,35-36,39-40,42,44-45,48-49,51,53-54,56-63H2,1-3H3/b19-16-,20-17-,21-18-,28-25-,29-26-,30-27-,37-34-,41-38-,46-43-,50-47-,55-52-/t64-/m0/s1. The molecule has 0 rings (SSSR count). The van der Waals surface area contributed by atoms with Gasteiger partial charge in [-0.15, -0.1) is 0 Å². The zero-order valence-corrected chi connectivity index (χ0v) is 47.1. The lowest BCUT2D eigenvalue weighted by atomic mass is 10.1. The highest BCUT2D eigenvalue weighted by Crippen LogP contribution is 2.13. The number of hydrogen-bond acceptors (Lipinski definition) is 6. The second-order valence-corrected chi connectivity index (χ2v) is 19.2. The van der Waals surface area contributed by atoms with Gasteiger partial charge in [-0.3, -0.25) is 14.4 Å². The van der Waals surface area contributed by atoms with Gasteiger partial charge in [-0.05, 0) is 128 Å². The fourth-order valence-electron chi connectivity index (χ4n) is 7.62. The van der Waals surface area contributed by atoms with Crippen molar-refractivity contribution in [2.75, 3.05) is 13.2 Å². The lowest BCUT2D eigenvalue weighted by Gasteiger charge is -2.18. The van der Waals surface area contributed by atoms with Crippen LogP contribution in [0.25, 0.3) is 0 Å². The minimum Gasteiger partial charge on any atom is -0.462 e. The molecule has 0 aliphatic heterocycles. The first-order chi connectivity index (χ1) is 36.0. The van der Waals surface area contributed by atoms with Crippen molar-refractivity contribution < 1.29 is 28.6 Å². The van der Waals surface area contributed by atoms with Crippen LogP contribution in [0.4, 0.5) is 0 Å². The zero-order valence-electron chi connectivity index (χ0n) is 47.1. The van der Waals surface area contributed by atoms with E-state index in [2.05, 4.69) is 142 Å². The van der Waals surface area contributed by atoms with Crippen LogP contribution in [0.15, 0.2) is 134 Å². The molecule has 0 heterocycles. The molecule has 0 fully saturated rings. The van der Waals surface area contributed by atoms with Gasteiger partial charge in [0.1, 0.15) is 13.2 Å². The monoisotopic (exact) mass is 1010 g/mol. The van der Waals surface area contributed by atoms with E-state index < -0.39 is 12.1 Å². The summed E-state index contributed by atoms with van der Waals surface area (Å²) in [5.41, 5.74) is 0. The largest absolute Gasteiger partial charge is 0.462 e. The smallest absolute Gasteiger partial charge is 0.306 e. The number of ether oxygens (including phenoxy) is 3. The number of unbranched alkanes of at least 4 members (excludes halogenated alkanes) is 19. The predicted octanol–water partition coefficient (Wildman–Crippen LogP) is 20.2. The summed E-state index contributed by atoms with van der Waals surface area (Å²) in [5, 5.41) is 0. The van der Waals surface area contributed by atoms with Gasteiger partial charge in [0.2, 0.25) is 0 Å². The molecule has 0 N–H and O–H groups in total. The molecular formula is C67H108O6. The molecular weight excluding hydrogens is 901 g/mol. The highest BCUT2D eigenvalue weighted by Gasteiger charge is 2.19. The van der Waals surface area contributed by atoms with Gasteiger partial charge < -0.3 is 14.2 Å². The summed E-state index contributed by atoms with van der Waals surface area (Å²) in [6, 6.07) is 0. The van der Waals surface area contributed by atoms with Crippen molar-refractivity contribution in [3.05, 3.63) is 134 Å². The summed E-state index contributed by atoms with van der Waals surface area (Å²) >= 11 is 0. The summed E-state index contributed by atoms with van der Waals surface area (Å²) in [5.74, 6) is -1.08. The topological polar surface area (TPSA) is 78.9 Å². The van der Waals surface area contributed by atoms with Crippen LogP contribution in [0.3, 0.4) is 0 Å². The number of rotatable bonds is 52. The van der Waals surface area contributed by atoms with E-state index >= 15 is 0 Å². The summed E-state index contributed by atoms with van der Waals surface area (Å²) in [4.78, 5) is 38.2. The molecule has 0 radical (unpaired) electrons. The second kappa shape index (κ2) is 60.1. The summed E-state index contributed by atoms with van der Waals surface area (Å²) < 4.78 is 16.8. The van der Waals surface area contributed by atoms with Gasteiger partial charge in [-0.1, -0.05) is 238 Å². The molecule has 73 heavy (non-hydrogen) atoms. The van der Waals surface area contributed by atoms with Crippen molar-refractivity contribution in [3.63, 3.8) is 0 Å². The third-order valence-electron chi connectivity index (χ3n) is 12.1. The first-order valence-corrected chi connectivity index (χ1v) is 29.7. The fraction of sp³-hybridized carbons (Fsp3) is 0.627. The van der Waals surface area contributed by atoms with E-state index in [-0.39, 0.29) is 38.0 Å². The molecule has 6 nitrogen and oxygen atoms in total. The van der Waals surface area contributed by atoms with E-state index in [0.717, 1.165) is 77.0 Å². The van der Waals surface area contributed by atoms with Crippen molar-refractivity contribution in [2.45, 2.75) is 258 Å². The molecule has 0 aliphatic carbocycles. The maximum Gasteiger partial charge on any atom is 0.306 e. The van der Waals surface area contributed by atoms with Gasteiger partial charge in [0.15, 0.2) is 6.10 Å². The van der Waals surface area contributed by atoms with Crippen LogP contribution < -0.4 is 0 Å². The summed E-state index contributed by atoms with van der Waals surface area (Å²) in [6.07, 6.45) is 84.5. The third-order valence-corrected chi connectivity index (χ3v) is 12.1. The van der Waals surface area contributed by atoms with Crippen LogP contribution in [-0.2, 0) is 28.6 Å². The van der Waals surface area contributed by atoms with Crippen LogP contribution in [0.5, 0.6) is 0 Å². The number of carbonyl (C=O) groups is 3. The Morgan fingerprint density at radius 2 is 0.534 bits per heavy atom. The Balaban J connectivity index is 4.60. The second-order valence-electron chi connectivity index (χ2n) is 19.2. The average Bonchev–Trinajstić information content (AvgIpc) is 3.39. The molecule has 0 saturated carbocycles. The molecule has 0 saturated heterocycles. The molecule has 0 aliphatic rings. The van der Waals surface area contributed by atoms with Gasteiger partial charge in [0, 0.05) is 19.3 Å².